The fourth-order valence-electron chi connectivity index (χ4n) is 1.10. The molecule has 0 saturated carbocycles. The zero-order valence-electron chi connectivity index (χ0n) is 7.47. The Morgan fingerprint density at radius 3 is 2.71 bits per heavy atom. The molecule has 1 heterocycles. The summed E-state index contributed by atoms with van der Waals surface area (Å²) in [7, 11) is 0. The molecule has 2 rings (SSSR count). The molecule has 0 spiro atoms. The van der Waals surface area contributed by atoms with Gasteiger partial charge in [-0.1, -0.05) is 0 Å². The van der Waals surface area contributed by atoms with Crippen LogP contribution in [-0.2, 0) is 6.54 Å². The van der Waals surface area contributed by atoms with Crippen LogP contribution >= 0.6 is 11.3 Å². The third kappa shape index (κ3) is 2.23. The van der Waals surface area contributed by atoms with E-state index in [0.717, 1.165) is 11.4 Å². The van der Waals surface area contributed by atoms with Crippen molar-refractivity contribution in [1.82, 2.24) is 4.98 Å². The van der Waals surface area contributed by atoms with Crippen molar-refractivity contribution in [2.24, 2.45) is 0 Å². The lowest BCUT2D eigenvalue weighted by molar-refractivity contribution is 0.475. The first-order chi connectivity index (χ1) is 6.84. The molecule has 0 bridgehead atoms. The molecule has 0 aliphatic rings. The molecule has 0 amide bonds. The third-order valence-corrected chi connectivity index (χ3v) is 2.46. The number of anilines is 1. The fourth-order valence-corrected chi connectivity index (χ4v) is 1.66. The summed E-state index contributed by atoms with van der Waals surface area (Å²) in [4.78, 5) is 4.16. The van der Waals surface area contributed by atoms with Gasteiger partial charge < -0.3 is 10.4 Å². The van der Waals surface area contributed by atoms with Crippen molar-refractivity contribution in [2.45, 2.75) is 6.54 Å². The van der Waals surface area contributed by atoms with E-state index in [0.29, 0.717) is 6.54 Å². The number of hydrogen-bond donors (Lipinski definition) is 2. The smallest absolute Gasteiger partial charge is 0.115 e. The highest BCUT2D eigenvalue weighted by molar-refractivity contribution is 7.07. The molecule has 0 radical (unpaired) electrons. The predicted octanol–water partition coefficient (Wildman–Crippen LogP) is 2.46. The second kappa shape index (κ2) is 4.11. The quantitative estimate of drug-likeness (QED) is 0.758. The highest BCUT2D eigenvalue weighted by Crippen LogP contribution is 2.14. The lowest BCUT2D eigenvalue weighted by Crippen LogP contribution is -1.98. The summed E-state index contributed by atoms with van der Waals surface area (Å²) >= 11 is 1.59. The number of thiazole rings is 1. The number of aromatic nitrogens is 1. The van der Waals surface area contributed by atoms with Crippen molar-refractivity contribution in [1.29, 1.82) is 0 Å². The zero-order valence-corrected chi connectivity index (χ0v) is 8.29. The topological polar surface area (TPSA) is 45.1 Å². The maximum absolute atomic E-state index is 9.07. The minimum absolute atomic E-state index is 0.282. The van der Waals surface area contributed by atoms with Gasteiger partial charge in [0, 0.05) is 11.1 Å². The number of rotatable bonds is 3. The number of phenolic OH excluding ortho intramolecular Hbond substituents is 1. The molecule has 0 aliphatic carbocycles. The van der Waals surface area contributed by atoms with Gasteiger partial charge in [0.2, 0.25) is 0 Å². The summed E-state index contributed by atoms with van der Waals surface area (Å²) in [6, 6.07) is 6.98. The average molecular weight is 206 g/mol. The van der Waals surface area contributed by atoms with Gasteiger partial charge in [-0.25, -0.2) is 4.98 Å². The standard InChI is InChI=1S/C10H10N2OS/c13-10-3-1-8(2-4-10)11-5-9-6-14-7-12-9/h1-4,6-7,11,13H,5H2. The number of hydrogen-bond acceptors (Lipinski definition) is 4. The van der Waals surface area contributed by atoms with E-state index in [9.17, 15) is 0 Å². The summed E-state index contributed by atoms with van der Waals surface area (Å²) in [6.45, 7) is 0.717. The minimum atomic E-state index is 0.282. The van der Waals surface area contributed by atoms with Gasteiger partial charge in [0.25, 0.3) is 0 Å². The van der Waals surface area contributed by atoms with Crippen molar-refractivity contribution < 1.29 is 5.11 Å². The molecule has 3 nitrogen and oxygen atoms in total. The van der Waals surface area contributed by atoms with E-state index in [2.05, 4.69) is 10.3 Å². The van der Waals surface area contributed by atoms with Gasteiger partial charge in [-0.05, 0) is 24.3 Å². The fraction of sp³-hybridized carbons (Fsp3) is 0.100. The molecule has 1 aromatic carbocycles. The molecule has 0 atom stereocenters. The van der Waals surface area contributed by atoms with Crippen LogP contribution in [0.1, 0.15) is 5.69 Å². The molecule has 14 heavy (non-hydrogen) atoms. The SMILES string of the molecule is Oc1ccc(NCc2cscn2)cc1. The van der Waals surface area contributed by atoms with E-state index in [-0.39, 0.29) is 5.75 Å². The molecule has 0 fully saturated rings. The molecule has 4 heteroatoms. The Kier molecular flexibility index (Phi) is 2.65. The van der Waals surface area contributed by atoms with E-state index >= 15 is 0 Å². The molecule has 0 unspecified atom stereocenters. The van der Waals surface area contributed by atoms with Crippen LogP contribution in [0.15, 0.2) is 35.2 Å². The maximum Gasteiger partial charge on any atom is 0.115 e. The summed E-state index contributed by atoms with van der Waals surface area (Å²) in [6.07, 6.45) is 0. The Labute approximate surface area is 86.1 Å². The first-order valence-corrected chi connectivity index (χ1v) is 5.19. The van der Waals surface area contributed by atoms with E-state index < -0.39 is 0 Å². The van der Waals surface area contributed by atoms with Crippen molar-refractivity contribution in [3.63, 3.8) is 0 Å². The molecule has 2 N–H and O–H groups in total. The highest BCUT2D eigenvalue weighted by atomic mass is 32.1. The predicted molar refractivity (Wildman–Crippen MR) is 57.5 cm³/mol. The molecule has 0 aliphatic heterocycles. The van der Waals surface area contributed by atoms with Crippen LogP contribution in [-0.4, -0.2) is 10.1 Å². The lowest BCUT2D eigenvalue weighted by Gasteiger charge is -2.03. The average Bonchev–Trinajstić information content (AvgIpc) is 2.70. The van der Waals surface area contributed by atoms with Gasteiger partial charge in [0.15, 0.2) is 0 Å². The summed E-state index contributed by atoms with van der Waals surface area (Å²) < 4.78 is 0. The van der Waals surface area contributed by atoms with Crippen LogP contribution in [0, 0.1) is 0 Å². The summed E-state index contributed by atoms with van der Waals surface area (Å²) in [5, 5.41) is 14.3. The first kappa shape index (κ1) is 9.02. The normalized spacial score (nSPS) is 10.0. The Morgan fingerprint density at radius 1 is 1.29 bits per heavy atom. The van der Waals surface area contributed by atoms with Crippen molar-refractivity contribution >= 4 is 17.0 Å². The van der Waals surface area contributed by atoms with Gasteiger partial charge in [-0.3, -0.25) is 0 Å². The van der Waals surface area contributed by atoms with E-state index in [1.165, 1.54) is 0 Å². The van der Waals surface area contributed by atoms with E-state index in [1.54, 1.807) is 23.5 Å². The van der Waals surface area contributed by atoms with Gasteiger partial charge in [-0.2, -0.15) is 0 Å². The van der Waals surface area contributed by atoms with Crippen LogP contribution in [0.4, 0.5) is 5.69 Å². The van der Waals surface area contributed by atoms with Crippen molar-refractivity contribution in [3.05, 3.63) is 40.8 Å². The Morgan fingerprint density at radius 2 is 2.07 bits per heavy atom. The monoisotopic (exact) mass is 206 g/mol. The molecular formula is C10H10N2OS. The molecule has 1 aromatic heterocycles. The van der Waals surface area contributed by atoms with Crippen LogP contribution in [0.5, 0.6) is 5.75 Å². The van der Waals surface area contributed by atoms with Gasteiger partial charge >= 0.3 is 0 Å². The lowest BCUT2D eigenvalue weighted by atomic mass is 10.3. The van der Waals surface area contributed by atoms with Gasteiger partial charge in [-0.15, -0.1) is 11.3 Å². The Hall–Kier alpha value is -1.55. The zero-order chi connectivity index (χ0) is 9.80. The van der Waals surface area contributed by atoms with Crippen LogP contribution in [0.2, 0.25) is 0 Å². The molecule has 72 valence electrons. The Balaban J connectivity index is 1.95. The van der Waals surface area contributed by atoms with Crippen LogP contribution < -0.4 is 5.32 Å². The number of aromatic hydroxyl groups is 1. The summed E-state index contributed by atoms with van der Waals surface area (Å²) in [5.74, 6) is 0.282. The first-order valence-electron chi connectivity index (χ1n) is 4.24. The number of nitrogens with zero attached hydrogens (tertiary/aromatic N) is 1. The number of phenols is 1. The van der Waals surface area contributed by atoms with Crippen molar-refractivity contribution in [3.8, 4) is 5.75 Å². The highest BCUT2D eigenvalue weighted by Gasteiger charge is 1.95. The van der Waals surface area contributed by atoms with Crippen LogP contribution in [0.25, 0.3) is 0 Å². The maximum atomic E-state index is 9.07. The molecule has 0 saturated heterocycles. The van der Waals surface area contributed by atoms with Crippen molar-refractivity contribution in [2.75, 3.05) is 5.32 Å². The number of nitrogens with one attached hydrogen (secondary N) is 1. The van der Waals surface area contributed by atoms with Gasteiger partial charge in [0.05, 0.1) is 17.7 Å². The number of benzene rings is 1. The van der Waals surface area contributed by atoms with E-state index in [4.69, 9.17) is 5.11 Å². The largest absolute Gasteiger partial charge is 0.508 e. The molecular weight excluding hydrogens is 196 g/mol. The Bertz CT molecular complexity index is 383. The third-order valence-electron chi connectivity index (χ3n) is 1.82. The second-order valence-electron chi connectivity index (χ2n) is 2.88. The minimum Gasteiger partial charge on any atom is -0.508 e. The van der Waals surface area contributed by atoms with E-state index in [1.807, 2.05) is 23.0 Å². The van der Waals surface area contributed by atoms with Crippen LogP contribution in [0.3, 0.4) is 0 Å². The summed E-state index contributed by atoms with van der Waals surface area (Å²) in [5.41, 5.74) is 3.83. The molecule has 2 aromatic rings. The van der Waals surface area contributed by atoms with Gasteiger partial charge in [0.1, 0.15) is 5.75 Å². The second-order valence-corrected chi connectivity index (χ2v) is 3.60.